The summed E-state index contributed by atoms with van der Waals surface area (Å²) in [6.45, 7) is 5.51. The van der Waals surface area contributed by atoms with E-state index in [4.69, 9.17) is 4.99 Å². The van der Waals surface area contributed by atoms with Crippen molar-refractivity contribution in [3.05, 3.63) is 42.0 Å². The van der Waals surface area contributed by atoms with Crippen molar-refractivity contribution in [1.29, 1.82) is 0 Å². The van der Waals surface area contributed by atoms with Gasteiger partial charge in [0.15, 0.2) is 5.96 Å². The molecule has 2 saturated carbocycles. The van der Waals surface area contributed by atoms with Crippen LogP contribution in [0.25, 0.3) is 0 Å². The summed E-state index contributed by atoms with van der Waals surface area (Å²) < 4.78 is 0. The molecule has 0 spiro atoms. The van der Waals surface area contributed by atoms with E-state index in [0.717, 1.165) is 64.1 Å². The highest BCUT2D eigenvalue weighted by molar-refractivity contribution is 14.0. The lowest BCUT2D eigenvalue weighted by atomic mass is 9.85. The van der Waals surface area contributed by atoms with Gasteiger partial charge in [-0.1, -0.05) is 30.7 Å². The Kier molecular flexibility index (Phi) is 9.04. The van der Waals surface area contributed by atoms with Gasteiger partial charge in [0.2, 0.25) is 5.91 Å². The van der Waals surface area contributed by atoms with Crippen LogP contribution in [0.1, 0.15) is 51.0 Å². The van der Waals surface area contributed by atoms with Gasteiger partial charge >= 0.3 is 0 Å². The normalized spacial score (nSPS) is 23.3. The van der Waals surface area contributed by atoms with Crippen molar-refractivity contribution in [2.75, 3.05) is 24.5 Å². The van der Waals surface area contributed by atoms with Gasteiger partial charge in [-0.05, 0) is 56.7 Å². The van der Waals surface area contributed by atoms with Crippen molar-refractivity contribution >= 4 is 41.5 Å². The summed E-state index contributed by atoms with van der Waals surface area (Å²) in [5, 5.41) is 10.1. The van der Waals surface area contributed by atoms with E-state index in [-0.39, 0.29) is 35.8 Å². The molecular weight excluding hydrogens is 501 g/mol. The Balaban J connectivity index is 0.00000272. The predicted octanol–water partition coefficient (Wildman–Crippen LogP) is 3.57. The molecule has 0 saturated heterocycles. The van der Waals surface area contributed by atoms with Gasteiger partial charge in [-0.15, -0.1) is 24.0 Å². The first-order chi connectivity index (χ1) is 14.7. The second kappa shape index (κ2) is 11.7. The average Bonchev–Trinajstić information content (AvgIpc) is 3.40. The summed E-state index contributed by atoms with van der Waals surface area (Å²) in [4.78, 5) is 19.7. The number of hydrogen-bond acceptors (Lipinski definition) is 3. The van der Waals surface area contributed by atoms with E-state index < -0.39 is 0 Å². The highest BCUT2D eigenvalue weighted by Gasteiger charge is 2.31. The Morgan fingerprint density at radius 2 is 1.90 bits per heavy atom. The van der Waals surface area contributed by atoms with Gasteiger partial charge in [0.25, 0.3) is 0 Å². The van der Waals surface area contributed by atoms with E-state index in [1.807, 2.05) is 0 Å². The zero-order chi connectivity index (χ0) is 20.8. The molecular formula is C24H36IN5O. The molecule has 2 atom stereocenters. The fourth-order valence-electron chi connectivity index (χ4n) is 4.33. The molecule has 0 bridgehead atoms. The number of benzene rings is 1. The molecule has 1 amide bonds. The minimum absolute atomic E-state index is 0. The lowest BCUT2D eigenvalue weighted by Crippen LogP contribution is -2.47. The van der Waals surface area contributed by atoms with Crippen LogP contribution in [0.3, 0.4) is 0 Å². The molecule has 3 N–H and O–H groups in total. The Labute approximate surface area is 203 Å². The quantitative estimate of drug-likeness (QED) is 0.215. The molecule has 1 aromatic carbocycles. The number of hydrogen-bond donors (Lipinski definition) is 3. The monoisotopic (exact) mass is 537 g/mol. The maximum atomic E-state index is 12.5. The number of nitrogens with one attached hydrogen (secondary N) is 3. The first kappa shape index (κ1) is 23.9. The van der Waals surface area contributed by atoms with Crippen LogP contribution in [0.5, 0.6) is 0 Å². The maximum Gasteiger partial charge on any atom is 0.223 e. The number of guanidine groups is 1. The molecule has 31 heavy (non-hydrogen) atoms. The zero-order valence-electron chi connectivity index (χ0n) is 18.5. The Bertz CT molecular complexity index is 784. The van der Waals surface area contributed by atoms with E-state index in [2.05, 4.69) is 64.2 Å². The lowest BCUT2D eigenvalue weighted by Gasteiger charge is -2.30. The number of aliphatic imine (C=N–C) groups is 1. The van der Waals surface area contributed by atoms with Crippen molar-refractivity contribution in [3.63, 3.8) is 0 Å². The minimum Gasteiger partial charge on any atom is -0.364 e. The largest absolute Gasteiger partial charge is 0.364 e. The maximum absolute atomic E-state index is 12.5. The van der Waals surface area contributed by atoms with E-state index in [0.29, 0.717) is 18.6 Å². The van der Waals surface area contributed by atoms with Crippen molar-refractivity contribution in [1.82, 2.24) is 16.0 Å². The fourth-order valence-corrected chi connectivity index (χ4v) is 4.33. The summed E-state index contributed by atoms with van der Waals surface area (Å²) in [6.07, 6.45) is 10.8. The SMILES string of the molecule is CCNC(=NCc1cccc(N2CC=CC2)c1)NC1CCCC(C(=O)NC2CC2)C1.I. The summed E-state index contributed by atoms with van der Waals surface area (Å²) in [5.74, 6) is 1.23. The minimum atomic E-state index is 0. The summed E-state index contributed by atoms with van der Waals surface area (Å²) in [7, 11) is 0. The lowest BCUT2D eigenvalue weighted by molar-refractivity contribution is -0.126. The van der Waals surface area contributed by atoms with Gasteiger partial charge in [0.05, 0.1) is 6.54 Å². The van der Waals surface area contributed by atoms with Crippen LogP contribution in [0.4, 0.5) is 5.69 Å². The van der Waals surface area contributed by atoms with Crippen LogP contribution in [0, 0.1) is 5.92 Å². The zero-order valence-corrected chi connectivity index (χ0v) is 20.8. The van der Waals surface area contributed by atoms with Crippen LogP contribution >= 0.6 is 24.0 Å². The molecule has 3 aliphatic rings. The van der Waals surface area contributed by atoms with Crippen molar-refractivity contribution in [2.24, 2.45) is 10.9 Å². The number of rotatable bonds is 7. The summed E-state index contributed by atoms with van der Waals surface area (Å²) in [5.41, 5.74) is 2.46. The van der Waals surface area contributed by atoms with Crippen LogP contribution in [-0.4, -0.2) is 43.6 Å². The third kappa shape index (κ3) is 7.12. The van der Waals surface area contributed by atoms with E-state index in [1.54, 1.807) is 0 Å². The number of halogens is 1. The van der Waals surface area contributed by atoms with E-state index in [1.165, 1.54) is 11.3 Å². The third-order valence-corrected chi connectivity index (χ3v) is 6.17. The fraction of sp³-hybridized carbons (Fsp3) is 0.583. The Morgan fingerprint density at radius 1 is 1.10 bits per heavy atom. The molecule has 2 unspecified atom stereocenters. The molecule has 2 aliphatic carbocycles. The van der Waals surface area contributed by atoms with Crippen LogP contribution in [0.15, 0.2) is 41.4 Å². The Morgan fingerprint density at radius 3 is 2.65 bits per heavy atom. The third-order valence-electron chi connectivity index (χ3n) is 6.17. The molecule has 4 rings (SSSR count). The second-order valence-corrected chi connectivity index (χ2v) is 8.73. The van der Waals surface area contributed by atoms with Gasteiger partial charge in [-0.25, -0.2) is 4.99 Å². The van der Waals surface area contributed by atoms with Gasteiger partial charge in [-0.2, -0.15) is 0 Å². The number of nitrogens with zero attached hydrogens (tertiary/aromatic N) is 2. The number of amides is 1. The molecule has 1 aromatic rings. The van der Waals surface area contributed by atoms with Crippen molar-refractivity contribution in [2.45, 2.75) is 64.1 Å². The number of carbonyl (C=O) groups is 1. The highest BCUT2D eigenvalue weighted by atomic mass is 127. The predicted molar refractivity (Wildman–Crippen MR) is 138 cm³/mol. The van der Waals surface area contributed by atoms with Crippen LogP contribution in [-0.2, 0) is 11.3 Å². The molecule has 2 fully saturated rings. The van der Waals surface area contributed by atoms with Crippen molar-refractivity contribution in [3.8, 4) is 0 Å². The molecule has 6 nitrogen and oxygen atoms in total. The van der Waals surface area contributed by atoms with Crippen LogP contribution < -0.4 is 20.9 Å². The number of anilines is 1. The highest BCUT2D eigenvalue weighted by Crippen LogP contribution is 2.27. The van der Waals surface area contributed by atoms with E-state index >= 15 is 0 Å². The Hall–Kier alpha value is -1.77. The number of carbonyl (C=O) groups excluding carboxylic acids is 1. The van der Waals surface area contributed by atoms with Gasteiger partial charge in [-0.3, -0.25) is 4.79 Å². The first-order valence-electron chi connectivity index (χ1n) is 11.6. The molecule has 1 heterocycles. The molecule has 1 aliphatic heterocycles. The summed E-state index contributed by atoms with van der Waals surface area (Å²) in [6, 6.07) is 9.39. The van der Waals surface area contributed by atoms with Gasteiger partial charge < -0.3 is 20.9 Å². The van der Waals surface area contributed by atoms with E-state index in [9.17, 15) is 4.79 Å². The smallest absolute Gasteiger partial charge is 0.223 e. The van der Waals surface area contributed by atoms with Crippen LogP contribution in [0.2, 0.25) is 0 Å². The topological polar surface area (TPSA) is 68.8 Å². The summed E-state index contributed by atoms with van der Waals surface area (Å²) >= 11 is 0. The second-order valence-electron chi connectivity index (χ2n) is 8.73. The van der Waals surface area contributed by atoms with Gasteiger partial charge in [0.1, 0.15) is 0 Å². The first-order valence-corrected chi connectivity index (χ1v) is 11.6. The molecule has 7 heteroatoms. The molecule has 0 radical (unpaired) electrons. The standard InChI is InChI=1S/C24H35N5O.HI/c1-2-25-24(26-17-18-7-5-10-22(15-18)29-13-3-4-14-29)28-21-9-6-8-19(16-21)23(30)27-20-11-12-20;/h3-5,7,10,15,19-21H,2,6,8-9,11-14,16-17H2,1H3,(H,27,30)(H2,25,26,28);1H. The van der Waals surface area contributed by atoms with Crippen molar-refractivity contribution < 1.29 is 4.79 Å². The molecule has 0 aromatic heterocycles. The van der Waals surface area contributed by atoms with Gasteiger partial charge in [0, 0.05) is 43.3 Å². The molecule has 170 valence electrons. The average molecular weight is 537 g/mol.